The van der Waals surface area contributed by atoms with Gasteiger partial charge in [-0.3, -0.25) is 14.6 Å². The summed E-state index contributed by atoms with van der Waals surface area (Å²) in [7, 11) is 0. The van der Waals surface area contributed by atoms with E-state index in [1.807, 2.05) is 6.07 Å². The second-order valence-electron chi connectivity index (χ2n) is 7.39. The minimum atomic E-state index is -0.343. The lowest BCUT2D eigenvalue weighted by Crippen LogP contribution is -2.25. The predicted octanol–water partition coefficient (Wildman–Crippen LogP) is 3.16. The molecule has 3 heterocycles. The van der Waals surface area contributed by atoms with Gasteiger partial charge in [-0.05, 0) is 53.6 Å². The highest BCUT2D eigenvalue weighted by atomic mass is 19.1. The minimum absolute atomic E-state index is 0.234. The molecule has 0 saturated carbocycles. The molecule has 158 valence electrons. The first-order valence-corrected chi connectivity index (χ1v) is 10.0. The van der Waals surface area contributed by atoms with E-state index >= 15 is 0 Å². The highest BCUT2D eigenvalue weighted by Gasteiger charge is 2.15. The van der Waals surface area contributed by atoms with Gasteiger partial charge < -0.3 is 9.88 Å². The molecule has 5 aromatic rings. The van der Waals surface area contributed by atoms with Crippen molar-refractivity contribution in [1.82, 2.24) is 24.5 Å². The number of carbonyl (C=O) groups excluding carboxylic acids is 1. The Labute approximate surface area is 181 Å². The van der Waals surface area contributed by atoms with Gasteiger partial charge in [0.15, 0.2) is 0 Å². The van der Waals surface area contributed by atoms with Gasteiger partial charge in [-0.25, -0.2) is 8.91 Å². The molecule has 0 saturated heterocycles. The molecule has 0 radical (unpaired) electrons. The van der Waals surface area contributed by atoms with Crippen LogP contribution in [0.4, 0.5) is 4.39 Å². The van der Waals surface area contributed by atoms with E-state index in [2.05, 4.69) is 15.4 Å². The zero-order valence-corrected chi connectivity index (χ0v) is 16.9. The summed E-state index contributed by atoms with van der Waals surface area (Å²) >= 11 is 0. The van der Waals surface area contributed by atoms with E-state index < -0.39 is 0 Å². The SMILES string of the molecule is O=C(NCc1cccnc1)c1ccc2c(c1)n(Cc1ccc(F)cc1)c(=O)c1ccnn12. The molecule has 3 aromatic heterocycles. The van der Waals surface area contributed by atoms with Crippen molar-refractivity contribution in [3.63, 3.8) is 0 Å². The summed E-state index contributed by atoms with van der Waals surface area (Å²) in [5, 5.41) is 7.14. The number of rotatable bonds is 5. The molecule has 5 rings (SSSR count). The van der Waals surface area contributed by atoms with Crippen LogP contribution in [-0.4, -0.2) is 25.1 Å². The molecule has 7 nitrogen and oxygen atoms in total. The van der Waals surface area contributed by atoms with Gasteiger partial charge in [0, 0.05) is 24.5 Å². The largest absolute Gasteiger partial charge is 0.348 e. The minimum Gasteiger partial charge on any atom is -0.348 e. The van der Waals surface area contributed by atoms with Crippen LogP contribution < -0.4 is 10.9 Å². The average molecular weight is 427 g/mol. The second kappa shape index (κ2) is 8.07. The Bertz CT molecular complexity index is 1490. The quantitative estimate of drug-likeness (QED) is 0.467. The molecule has 1 amide bonds. The van der Waals surface area contributed by atoms with Gasteiger partial charge >= 0.3 is 0 Å². The molecule has 8 heteroatoms. The lowest BCUT2D eigenvalue weighted by atomic mass is 10.1. The van der Waals surface area contributed by atoms with Crippen molar-refractivity contribution in [1.29, 1.82) is 0 Å². The molecule has 0 aliphatic rings. The topological polar surface area (TPSA) is 81.3 Å². The van der Waals surface area contributed by atoms with Gasteiger partial charge in [0.2, 0.25) is 0 Å². The zero-order valence-electron chi connectivity index (χ0n) is 16.9. The lowest BCUT2D eigenvalue weighted by Gasteiger charge is -2.14. The van der Waals surface area contributed by atoms with Crippen LogP contribution in [0.1, 0.15) is 21.5 Å². The Kier molecular flexibility index (Phi) is 4.95. The molecule has 2 aromatic carbocycles. The van der Waals surface area contributed by atoms with Crippen molar-refractivity contribution in [2.75, 3.05) is 0 Å². The van der Waals surface area contributed by atoms with Crippen LogP contribution in [0.5, 0.6) is 0 Å². The van der Waals surface area contributed by atoms with Crippen LogP contribution >= 0.6 is 0 Å². The van der Waals surface area contributed by atoms with Gasteiger partial charge in [0.25, 0.3) is 11.5 Å². The molecule has 0 spiro atoms. The third-order valence-corrected chi connectivity index (χ3v) is 5.29. The maximum atomic E-state index is 13.3. The van der Waals surface area contributed by atoms with Gasteiger partial charge in [-0.1, -0.05) is 18.2 Å². The molecule has 0 atom stereocenters. The van der Waals surface area contributed by atoms with Gasteiger partial charge in [-0.2, -0.15) is 5.10 Å². The Balaban J connectivity index is 1.57. The summed E-state index contributed by atoms with van der Waals surface area (Å²) in [4.78, 5) is 30.0. The summed E-state index contributed by atoms with van der Waals surface area (Å²) in [6.45, 7) is 0.573. The van der Waals surface area contributed by atoms with Crippen LogP contribution in [0.2, 0.25) is 0 Å². The third-order valence-electron chi connectivity index (χ3n) is 5.29. The number of hydrogen-bond donors (Lipinski definition) is 1. The molecule has 0 aliphatic heterocycles. The highest BCUT2D eigenvalue weighted by Crippen LogP contribution is 2.18. The number of aromatic nitrogens is 4. The van der Waals surface area contributed by atoms with Crippen LogP contribution in [-0.2, 0) is 13.1 Å². The number of halogens is 1. The van der Waals surface area contributed by atoms with E-state index in [4.69, 9.17) is 0 Å². The van der Waals surface area contributed by atoms with Crippen LogP contribution in [0.3, 0.4) is 0 Å². The van der Waals surface area contributed by atoms with Crippen molar-refractivity contribution < 1.29 is 9.18 Å². The maximum Gasteiger partial charge on any atom is 0.277 e. The van der Waals surface area contributed by atoms with Crippen molar-refractivity contribution in [2.45, 2.75) is 13.1 Å². The fourth-order valence-electron chi connectivity index (χ4n) is 3.68. The molecule has 0 bridgehead atoms. The summed E-state index contributed by atoms with van der Waals surface area (Å²) in [6, 6.07) is 16.5. The third kappa shape index (κ3) is 3.62. The van der Waals surface area contributed by atoms with E-state index in [1.54, 1.807) is 70.1 Å². The van der Waals surface area contributed by atoms with Crippen molar-refractivity contribution >= 4 is 22.5 Å². The van der Waals surface area contributed by atoms with E-state index in [0.29, 0.717) is 28.7 Å². The summed E-state index contributed by atoms with van der Waals surface area (Å²) < 4.78 is 16.5. The van der Waals surface area contributed by atoms with Crippen LogP contribution in [0, 0.1) is 5.82 Å². The highest BCUT2D eigenvalue weighted by molar-refractivity contribution is 5.97. The van der Waals surface area contributed by atoms with Gasteiger partial charge in [0.05, 0.1) is 23.8 Å². The first kappa shape index (κ1) is 19.6. The second-order valence-corrected chi connectivity index (χ2v) is 7.39. The zero-order chi connectivity index (χ0) is 22.1. The molecular formula is C24H18FN5O2. The Morgan fingerprint density at radius 2 is 1.78 bits per heavy atom. The number of nitrogens with one attached hydrogen (secondary N) is 1. The van der Waals surface area contributed by atoms with Gasteiger partial charge in [-0.15, -0.1) is 0 Å². The van der Waals surface area contributed by atoms with Crippen molar-refractivity contribution in [2.24, 2.45) is 0 Å². The monoisotopic (exact) mass is 427 g/mol. The lowest BCUT2D eigenvalue weighted by molar-refractivity contribution is 0.0951. The standard InChI is InChI=1S/C24H18FN5O2/c25-19-6-3-16(4-7-19)15-29-22-12-18(23(31)27-14-17-2-1-10-26-13-17)5-8-20(22)30-21(24(29)32)9-11-28-30/h1-13H,14-15H2,(H,27,31). The number of benzene rings is 2. The van der Waals surface area contributed by atoms with Crippen LogP contribution in [0.25, 0.3) is 16.6 Å². The smallest absolute Gasteiger partial charge is 0.277 e. The molecule has 0 aliphatic carbocycles. The number of pyridine rings is 1. The number of fused-ring (bicyclic) bond motifs is 3. The molecule has 1 N–H and O–H groups in total. The van der Waals surface area contributed by atoms with Crippen molar-refractivity contribution in [3.8, 4) is 0 Å². The van der Waals surface area contributed by atoms with Crippen molar-refractivity contribution in [3.05, 3.63) is 112 Å². The Morgan fingerprint density at radius 1 is 0.938 bits per heavy atom. The normalized spacial score (nSPS) is 11.2. The molecular weight excluding hydrogens is 409 g/mol. The van der Waals surface area contributed by atoms with E-state index in [1.165, 1.54) is 12.1 Å². The first-order chi connectivity index (χ1) is 15.6. The van der Waals surface area contributed by atoms with E-state index in [-0.39, 0.29) is 23.8 Å². The molecule has 0 unspecified atom stereocenters. The predicted molar refractivity (Wildman–Crippen MR) is 118 cm³/mol. The molecule has 0 fully saturated rings. The van der Waals surface area contributed by atoms with Gasteiger partial charge in [0.1, 0.15) is 11.3 Å². The fourth-order valence-corrected chi connectivity index (χ4v) is 3.68. The first-order valence-electron chi connectivity index (χ1n) is 10.0. The maximum absolute atomic E-state index is 13.3. The summed E-state index contributed by atoms with van der Waals surface area (Å²) in [5.74, 6) is -0.609. The fraction of sp³-hybridized carbons (Fsp3) is 0.0833. The number of amides is 1. The van der Waals surface area contributed by atoms with E-state index in [0.717, 1.165) is 11.1 Å². The average Bonchev–Trinajstić information content (AvgIpc) is 3.32. The Morgan fingerprint density at radius 3 is 2.56 bits per heavy atom. The number of carbonyl (C=O) groups is 1. The summed E-state index contributed by atoms with van der Waals surface area (Å²) in [6.07, 6.45) is 4.92. The molecule has 32 heavy (non-hydrogen) atoms. The van der Waals surface area contributed by atoms with Crippen LogP contribution in [0.15, 0.2) is 84.0 Å². The van der Waals surface area contributed by atoms with E-state index in [9.17, 15) is 14.0 Å². The number of nitrogens with zero attached hydrogens (tertiary/aromatic N) is 4. The number of hydrogen-bond acceptors (Lipinski definition) is 4. The summed E-state index contributed by atoms with van der Waals surface area (Å²) in [5.41, 5.74) is 3.50. The Hall–Kier alpha value is -4.33.